The smallest absolute Gasteiger partial charge is 0.159 e. The van der Waals surface area contributed by atoms with Gasteiger partial charge in [0, 0.05) is 42.3 Å². The molecule has 0 unspecified atom stereocenters. The molecule has 11 rings (SSSR count). The molecule has 0 saturated heterocycles. The van der Waals surface area contributed by atoms with E-state index < -0.39 is 0 Å². The fourth-order valence-electron chi connectivity index (χ4n) is 8.10. The van der Waals surface area contributed by atoms with Crippen molar-refractivity contribution in [1.29, 1.82) is 0 Å². The van der Waals surface area contributed by atoms with E-state index >= 15 is 0 Å². The Bertz CT molecular complexity index is 3160. The van der Waals surface area contributed by atoms with Crippen LogP contribution in [0.25, 0.3) is 85.9 Å². The lowest BCUT2D eigenvalue weighted by Crippen LogP contribution is -2.10. The van der Waals surface area contributed by atoms with Crippen LogP contribution in [0, 0.1) is 0 Å². The molecule has 0 amide bonds. The SMILES string of the molecule is c1ccc2cc3c(cc2c1)sc1c(-c2ccc(N(c4ccc(-c5cccc6ccccc56)cc4)c4cccc5c4oc4ccccc45)cc2)cccc13. The Hall–Kier alpha value is -6.68. The number of benzene rings is 9. The molecule has 0 aliphatic carbocycles. The molecule has 248 valence electrons. The second-order valence-electron chi connectivity index (χ2n) is 13.7. The summed E-state index contributed by atoms with van der Waals surface area (Å²) in [4.78, 5) is 2.33. The third kappa shape index (κ3) is 4.86. The molecular formula is C50H31NOS. The first-order valence-electron chi connectivity index (χ1n) is 18.0. The number of anilines is 3. The minimum atomic E-state index is 0.873. The molecule has 0 aliphatic heterocycles. The second-order valence-corrected chi connectivity index (χ2v) is 14.7. The molecule has 53 heavy (non-hydrogen) atoms. The molecule has 2 aromatic heterocycles. The maximum atomic E-state index is 6.61. The van der Waals surface area contributed by atoms with Gasteiger partial charge in [0.25, 0.3) is 0 Å². The van der Waals surface area contributed by atoms with Gasteiger partial charge < -0.3 is 9.32 Å². The van der Waals surface area contributed by atoms with Gasteiger partial charge in [-0.15, -0.1) is 11.3 Å². The number of hydrogen-bond donors (Lipinski definition) is 0. The summed E-state index contributed by atoms with van der Waals surface area (Å²) in [5.74, 6) is 0. The molecule has 2 nitrogen and oxygen atoms in total. The summed E-state index contributed by atoms with van der Waals surface area (Å²) < 4.78 is 9.24. The van der Waals surface area contributed by atoms with Gasteiger partial charge in [-0.2, -0.15) is 0 Å². The Labute approximate surface area is 310 Å². The molecule has 9 aromatic carbocycles. The highest BCUT2D eigenvalue weighted by Gasteiger charge is 2.20. The Morgan fingerprint density at radius 3 is 1.75 bits per heavy atom. The van der Waals surface area contributed by atoms with E-state index in [0.717, 1.165) is 39.0 Å². The first-order valence-corrected chi connectivity index (χ1v) is 18.8. The summed E-state index contributed by atoms with van der Waals surface area (Å²) in [6.07, 6.45) is 0. The molecule has 3 heteroatoms. The minimum absolute atomic E-state index is 0.873. The Kier molecular flexibility index (Phi) is 6.76. The maximum absolute atomic E-state index is 6.61. The third-order valence-corrected chi connectivity index (χ3v) is 11.9. The van der Waals surface area contributed by atoms with Crippen molar-refractivity contribution < 1.29 is 4.42 Å². The van der Waals surface area contributed by atoms with Crippen LogP contribution in [0.5, 0.6) is 0 Å². The second kappa shape index (κ2) is 11.9. The zero-order valence-corrected chi connectivity index (χ0v) is 29.5. The molecule has 0 bridgehead atoms. The van der Waals surface area contributed by atoms with Gasteiger partial charge in [-0.05, 0) is 92.3 Å². The largest absolute Gasteiger partial charge is 0.454 e. The quantitative estimate of drug-likeness (QED) is 0.178. The van der Waals surface area contributed by atoms with Crippen LogP contribution >= 0.6 is 11.3 Å². The van der Waals surface area contributed by atoms with Crippen LogP contribution in [0.3, 0.4) is 0 Å². The van der Waals surface area contributed by atoms with E-state index in [2.05, 4.69) is 187 Å². The molecule has 0 radical (unpaired) electrons. The summed E-state index contributed by atoms with van der Waals surface area (Å²) in [5.41, 5.74) is 9.76. The molecule has 0 aliphatic rings. The Morgan fingerprint density at radius 1 is 0.396 bits per heavy atom. The molecule has 0 saturated carbocycles. The number of furan rings is 1. The highest BCUT2D eigenvalue weighted by Crippen LogP contribution is 2.45. The van der Waals surface area contributed by atoms with Crippen molar-refractivity contribution in [1.82, 2.24) is 0 Å². The van der Waals surface area contributed by atoms with Crippen molar-refractivity contribution >= 4 is 92.1 Å². The third-order valence-electron chi connectivity index (χ3n) is 10.7. The van der Waals surface area contributed by atoms with E-state index in [0.29, 0.717) is 0 Å². The number of hydrogen-bond acceptors (Lipinski definition) is 3. The maximum Gasteiger partial charge on any atom is 0.159 e. The van der Waals surface area contributed by atoms with Crippen molar-refractivity contribution in [3.8, 4) is 22.3 Å². The first-order chi connectivity index (χ1) is 26.3. The lowest BCUT2D eigenvalue weighted by Gasteiger charge is -2.26. The van der Waals surface area contributed by atoms with E-state index in [1.165, 1.54) is 64.0 Å². The van der Waals surface area contributed by atoms with Gasteiger partial charge in [0.1, 0.15) is 5.58 Å². The number of rotatable bonds is 5. The highest BCUT2D eigenvalue weighted by molar-refractivity contribution is 7.26. The van der Waals surface area contributed by atoms with E-state index in [1.807, 2.05) is 17.4 Å². The molecule has 0 fully saturated rings. The molecule has 2 heterocycles. The summed E-state index contributed by atoms with van der Waals surface area (Å²) >= 11 is 1.88. The Balaban J connectivity index is 1.05. The average molecular weight is 694 g/mol. The van der Waals surface area contributed by atoms with Crippen LogP contribution in [0.15, 0.2) is 192 Å². The fraction of sp³-hybridized carbons (Fsp3) is 0. The molecule has 11 aromatic rings. The van der Waals surface area contributed by atoms with Crippen molar-refractivity contribution in [2.24, 2.45) is 0 Å². The summed E-state index contributed by atoms with van der Waals surface area (Å²) in [5, 5.41) is 9.91. The number of thiophene rings is 1. The monoisotopic (exact) mass is 693 g/mol. The van der Waals surface area contributed by atoms with Crippen LogP contribution in [0.4, 0.5) is 17.1 Å². The standard InChI is InChI=1S/C50H31NOS/c1-2-12-36-31-48-45(30-35(36)11-1)44-19-8-17-41(50(44)53-48)34-24-28-38(29-25-34)51(46-20-9-18-43-42-15-5-6-21-47(42)52-49(43)46)37-26-22-33(23-27-37)40-16-7-13-32-10-3-4-14-39(32)40/h1-31H. The summed E-state index contributed by atoms with van der Waals surface area (Å²) in [6, 6.07) is 67.9. The van der Waals surface area contributed by atoms with E-state index in [-0.39, 0.29) is 0 Å². The average Bonchev–Trinajstić information content (AvgIpc) is 3.79. The molecule has 0 N–H and O–H groups in total. The van der Waals surface area contributed by atoms with Crippen LogP contribution in [0.1, 0.15) is 0 Å². The van der Waals surface area contributed by atoms with Gasteiger partial charge >= 0.3 is 0 Å². The van der Waals surface area contributed by atoms with E-state index in [4.69, 9.17) is 4.42 Å². The topological polar surface area (TPSA) is 16.4 Å². The van der Waals surface area contributed by atoms with E-state index in [9.17, 15) is 0 Å². The molecule has 0 spiro atoms. The van der Waals surface area contributed by atoms with Crippen LogP contribution in [0.2, 0.25) is 0 Å². The zero-order valence-electron chi connectivity index (χ0n) is 28.7. The molecule has 0 atom stereocenters. The molecular weight excluding hydrogens is 663 g/mol. The summed E-state index contributed by atoms with van der Waals surface area (Å²) in [6.45, 7) is 0. The number of para-hydroxylation sites is 2. The van der Waals surface area contributed by atoms with Crippen molar-refractivity contribution in [2.75, 3.05) is 4.90 Å². The van der Waals surface area contributed by atoms with Crippen LogP contribution < -0.4 is 4.90 Å². The predicted octanol–water partition coefficient (Wildman–Crippen LogP) is 15.1. The number of fused-ring (bicyclic) bond motifs is 8. The first kappa shape index (κ1) is 30.0. The lowest BCUT2D eigenvalue weighted by molar-refractivity contribution is 0.669. The predicted molar refractivity (Wildman–Crippen MR) is 227 cm³/mol. The summed E-state index contributed by atoms with van der Waals surface area (Å²) in [7, 11) is 0. The van der Waals surface area contributed by atoms with E-state index in [1.54, 1.807) is 0 Å². The minimum Gasteiger partial charge on any atom is -0.454 e. The number of nitrogens with zero attached hydrogens (tertiary/aromatic N) is 1. The zero-order chi connectivity index (χ0) is 34.9. The van der Waals surface area contributed by atoms with Crippen molar-refractivity contribution in [3.63, 3.8) is 0 Å². The van der Waals surface area contributed by atoms with Gasteiger partial charge in [0.05, 0.1) is 5.69 Å². The normalized spacial score (nSPS) is 11.8. The van der Waals surface area contributed by atoms with Crippen LogP contribution in [-0.2, 0) is 0 Å². The van der Waals surface area contributed by atoms with Crippen molar-refractivity contribution in [3.05, 3.63) is 188 Å². The fourth-order valence-corrected chi connectivity index (χ4v) is 9.37. The van der Waals surface area contributed by atoms with Gasteiger partial charge in [0.15, 0.2) is 5.58 Å². The Morgan fingerprint density at radius 2 is 0.962 bits per heavy atom. The van der Waals surface area contributed by atoms with Gasteiger partial charge in [-0.3, -0.25) is 0 Å². The van der Waals surface area contributed by atoms with Gasteiger partial charge in [-0.25, -0.2) is 0 Å². The highest BCUT2D eigenvalue weighted by atomic mass is 32.1. The van der Waals surface area contributed by atoms with Gasteiger partial charge in [-0.1, -0.05) is 140 Å². The van der Waals surface area contributed by atoms with Crippen LogP contribution in [-0.4, -0.2) is 0 Å². The van der Waals surface area contributed by atoms with Gasteiger partial charge in [0.2, 0.25) is 0 Å². The lowest BCUT2D eigenvalue weighted by atomic mass is 9.98. The van der Waals surface area contributed by atoms with Crippen molar-refractivity contribution in [2.45, 2.75) is 0 Å².